The van der Waals surface area contributed by atoms with Crippen LogP contribution in [0.4, 0.5) is 0 Å². The number of nitrogens with two attached hydrogens (primary N) is 1. The molecule has 0 radical (unpaired) electrons. The molecule has 0 fully saturated rings. The molecular formula is C9H12BrNO. The van der Waals surface area contributed by atoms with Crippen molar-refractivity contribution in [3.63, 3.8) is 0 Å². The van der Waals surface area contributed by atoms with E-state index in [9.17, 15) is 0 Å². The van der Waals surface area contributed by atoms with Crippen LogP contribution in [0.5, 0.6) is 0 Å². The predicted octanol–water partition coefficient (Wildman–Crippen LogP) is 1.96. The average molecular weight is 230 g/mol. The van der Waals surface area contributed by atoms with Crippen molar-refractivity contribution < 1.29 is 5.11 Å². The highest BCUT2D eigenvalue weighted by molar-refractivity contribution is 9.10. The molecule has 3 heteroatoms. The molecule has 0 aliphatic carbocycles. The molecule has 1 aromatic carbocycles. The molecule has 0 aliphatic heterocycles. The Morgan fingerprint density at radius 3 is 2.67 bits per heavy atom. The Labute approximate surface area is 80.5 Å². The molecule has 12 heavy (non-hydrogen) atoms. The van der Waals surface area contributed by atoms with Gasteiger partial charge in [-0.2, -0.15) is 0 Å². The van der Waals surface area contributed by atoms with Gasteiger partial charge < -0.3 is 10.8 Å². The van der Waals surface area contributed by atoms with Crippen LogP contribution in [-0.4, -0.2) is 5.11 Å². The van der Waals surface area contributed by atoms with Gasteiger partial charge in [-0.15, -0.1) is 0 Å². The van der Waals surface area contributed by atoms with Gasteiger partial charge in [0.2, 0.25) is 0 Å². The number of benzene rings is 1. The van der Waals surface area contributed by atoms with Crippen molar-refractivity contribution in [2.45, 2.75) is 19.6 Å². The highest BCUT2D eigenvalue weighted by Gasteiger charge is 2.04. The lowest BCUT2D eigenvalue weighted by Crippen LogP contribution is -2.05. The van der Waals surface area contributed by atoms with E-state index in [1.807, 2.05) is 25.1 Å². The largest absolute Gasteiger partial charge is 0.392 e. The monoisotopic (exact) mass is 229 g/mol. The smallest absolute Gasteiger partial charge is 0.0682 e. The SMILES string of the molecule is CC(N)c1ccc(CO)cc1Br. The van der Waals surface area contributed by atoms with Gasteiger partial charge in [0.25, 0.3) is 0 Å². The van der Waals surface area contributed by atoms with E-state index >= 15 is 0 Å². The third kappa shape index (κ3) is 2.06. The van der Waals surface area contributed by atoms with Crippen LogP contribution in [-0.2, 0) is 6.61 Å². The van der Waals surface area contributed by atoms with Crippen molar-refractivity contribution in [1.29, 1.82) is 0 Å². The summed E-state index contributed by atoms with van der Waals surface area (Å²) in [4.78, 5) is 0. The number of rotatable bonds is 2. The third-order valence-corrected chi connectivity index (χ3v) is 2.42. The predicted molar refractivity (Wildman–Crippen MR) is 52.7 cm³/mol. The number of aliphatic hydroxyl groups is 1. The van der Waals surface area contributed by atoms with Crippen LogP contribution >= 0.6 is 15.9 Å². The van der Waals surface area contributed by atoms with E-state index in [0.717, 1.165) is 15.6 Å². The van der Waals surface area contributed by atoms with Crippen molar-refractivity contribution in [2.75, 3.05) is 0 Å². The molecule has 0 saturated heterocycles. The van der Waals surface area contributed by atoms with Crippen LogP contribution < -0.4 is 5.73 Å². The lowest BCUT2D eigenvalue weighted by atomic mass is 10.1. The van der Waals surface area contributed by atoms with Crippen molar-refractivity contribution in [3.05, 3.63) is 33.8 Å². The van der Waals surface area contributed by atoms with Crippen LogP contribution in [0, 0.1) is 0 Å². The first-order chi connectivity index (χ1) is 5.65. The summed E-state index contributed by atoms with van der Waals surface area (Å²) in [5.41, 5.74) is 7.67. The van der Waals surface area contributed by atoms with Crippen molar-refractivity contribution in [2.24, 2.45) is 5.73 Å². The molecule has 3 N–H and O–H groups in total. The van der Waals surface area contributed by atoms with Gasteiger partial charge in [0.05, 0.1) is 6.61 Å². The molecule has 1 aromatic rings. The molecule has 0 aromatic heterocycles. The second-order valence-electron chi connectivity index (χ2n) is 2.80. The summed E-state index contributed by atoms with van der Waals surface area (Å²) in [6.45, 7) is 2.00. The summed E-state index contributed by atoms with van der Waals surface area (Å²) in [5, 5.41) is 8.84. The Hall–Kier alpha value is -0.380. The van der Waals surface area contributed by atoms with E-state index in [1.54, 1.807) is 0 Å². The molecule has 1 atom stereocenters. The first kappa shape index (κ1) is 9.71. The Balaban J connectivity index is 3.03. The van der Waals surface area contributed by atoms with Gasteiger partial charge in [-0.3, -0.25) is 0 Å². The van der Waals surface area contributed by atoms with E-state index in [2.05, 4.69) is 15.9 Å². The maximum absolute atomic E-state index is 8.84. The summed E-state index contributed by atoms with van der Waals surface area (Å²) in [7, 11) is 0. The van der Waals surface area contributed by atoms with Gasteiger partial charge in [0, 0.05) is 10.5 Å². The number of hydrogen-bond donors (Lipinski definition) is 2. The molecule has 0 heterocycles. The highest BCUT2D eigenvalue weighted by atomic mass is 79.9. The Morgan fingerprint density at radius 1 is 1.58 bits per heavy atom. The zero-order valence-corrected chi connectivity index (χ0v) is 8.51. The van der Waals surface area contributed by atoms with E-state index in [-0.39, 0.29) is 12.6 Å². The molecule has 66 valence electrons. The molecule has 1 rings (SSSR count). The van der Waals surface area contributed by atoms with Crippen molar-refractivity contribution in [1.82, 2.24) is 0 Å². The minimum absolute atomic E-state index is 0.0205. The fourth-order valence-corrected chi connectivity index (χ4v) is 1.83. The van der Waals surface area contributed by atoms with Gasteiger partial charge in [0.15, 0.2) is 0 Å². The molecule has 0 saturated carbocycles. The maximum Gasteiger partial charge on any atom is 0.0682 e. The third-order valence-electron chi connectivity index (χ3n) is 1.74. The molecule has 1 unspecified atom stereocenters. The fraction of sp³-hybridized carbons (Fsp3) is 0.333. The van der Waals surface area contributed by atoms with Crippen molar-refractivity contribution >= 4 is 15.9 Å². The second-order valence-corrected chi connectivity index (χ2v) is 3.66. The molecule has 0 spiro atoms. The summed E-state index contributed by atoms with van der Waals surface area (Å²) >= 11 is 3.40. The standard InChI is InChI=1S/C9H12BrNO/c1-6(11)8-3-2-7(5-12)4-9(8)10/h2-4,6,12H,5,11H2,1H3. The van der Waals surface area contributed by atoms with Gasteiger partial charge in [0.1, 0.15) is 0 Å². The Morgan fingerprint density at radius 2 is 2.25 bits per heavy atom. The zero-order valence-electron chi connectivity index (χ0n) is 6.92. The summed E-state index contributed by atoms with van der Waals surface area (Å²) in [6.07, 6.45) is 0. The average Bonchev–Trinajstić information content (AvgIpc) is 2.03. The van der Waals surface area contributed by atoms with E-state index < -0.39 is 0 Å². The molecular weight excluding hydrogens is 218 g/mol. The van der Waals surface area contributed by atoms with Crippen LogP contribution in [0.3, 0.4) is 0 Å². The number of hydrogen-bond acceptors (Lipinski definition) is 2. The first-order valence-corrected chi connectivity index (χ1v) is 4.59. The second kappa shape index (κ2) is 4.03. The van der Waals surface area contributed by atoms with Crippen molar-refractivity contribution in [3.8, 4) is 0 Å². The van der Waals surface area contributed by atoms with Gasteiger partial charge >= 0.3 is 0 Å². The molecule has 0 aliphatic rings. The quantitative estimate of drug-likeness (QED) is 0.815. The van der Waals surface area contributed by atoms with Gasteiger partial charge in [-0.25, -0.2) is 0 Å². The van der Waals surface area contributed by atoms with E-state index in [4.69, 9.17) is 10.8 Å². The van der Waals surface area contributed by atoms with E-state index in [0.29, 0.717) is 0 Å². The maximum atomic E-state index is 8.84. The Bertz CT molecular complexity index is 273. The van der Waals surface area contributed by atoms with Crippen LogP contribution in [0.15, 0.2) is 22.7 Å². The van der Waals surface area contributed by atoms with Crippen LogP contribution in [0.1, 0.15) is 24.1 Å². The minimum atomic E-state index is 0.0205. The summed E-state index contributed by atoms with van der Waals surface area (Å²) < 4.78 is 0.962. The molecule has 0 bridgehead atoms. The topological polar surface area (TPSA) is 46.2 Å². The lowest BCUT2D eigenvalue weighted by molar-refractivity contribution is 0.281. The normalized spacial score (nSPS) is 13.0. The van der Waals surface area contributed by atoms with Gasteiger partial charge in [-0.1, -0.05) is 28.1 Å². The van der Waals surface area contributed by atoms with E-state index in [1.165, 1.54) is 0 Å². The van der Waals surface area contributed by atoms with Crippen LogP contribution in [0.2, 0.25) is 0 Å². The van der Waals surface area contributed by atoms with Gasteiger partial charge in [-0.05, 0) is 24.1 Å². The highest BCUT2D eigenvalue weighted by Crippen LogP contribution is 2.23. The summed E-state index contributed by atoms with van der Waals surface area (Å²) in [5.74, 6) is 0. The zero-order chi connectivity index (χ0) is 9.14. The summed E-state index contributed by atoms with van der Waals surface area (Å²) in [6, 6.07) is 5.72. The number of aliphatic hydroxyl groups excluding tert-OH is 1. The fourth-order valence-electron chi connectivity index (χ4n) is 1.04. The molecule has 0 amide bonds. The molecule has 2 nitrogen and oxygen atoms in total. The lowest BCUT2D eigenvalue weighted by Gasteiger charge is -2.08. The van der Waals surface area contributed by atoms with Crippen LogP contribution in [0.25, 0.3) is 0 Å². The number of halogens is 1. The Kier molecular flexibility index (Phi) is 3.26. The first-order valence-electron chi connectivity index (χ1n) is 3.80. The minimum Gasteiger partial charge on any atom is -0.392 e.